The van der Waals surface area contributed by atoms with Crippen LogP contribution in [0, 0.1) is 0 Å². The van der Waals surface area contributed by atoms with Gasteiger partial charge in [-0.2, -0.15) is 0 Å². The minimum atomic E-state index is -1.38. The molecule has 0 radical (unpaired) electrons. The standard InChI is InChI=1S/C13H25NO7/c1-3-20-10(16)5-14-7(2)4-8-11(17)13(19)12(18)9(6-15)21-8/h7-9,11-15,17-19H,3-6H2,1-2H3/t7?,8-,9+,11-,12+,13+/m0/s1. The number of ether oxygens (including phenoxy) is 2. The molecular weight excluding hydrogens is 282 g/mol. The SMILES string of the molecule is CCOC(=O)CNC(C)C[C@@H]1O[C@H](CO)[C@@H](O)[C@H](O)[C@H]1O. The van der Waals surface area contributed by atoms with Crippen LogP contribution in [0.5, 0.6) is 0 Å². The highest BCUT2D eigenvalue weighted by molar-refractivity contribution is 5.71. The van der Waals surface area contributed by atoms with Gasteiger partial charge in [0.1, 0.15) is 24.4 Å². The Morgan fingerprint density at radius 2 is 1.86 bits per heavy atom. The molecule has 21 heavy (non-hydrogen) atoms. The molecule has 1 rings (SSSR count). The molecule has 1 aliphatic heterocycles. The number of aliphatic hydroxyl groups is 4. The molecule has 1 fully saturated rings. The number of esters is 1. The van der Waals surface area contributed by atoms with Gasteiger partial charge in [-0.25, -0.2) is 0 Å². The minimum absolute atomic E-state index is 0.0342. The number of hydrogen-bond acceptors (Lipinski definition) is 8. The second kappa shape index (κ2) is 8.62. The highest BCUT2D eigenvalue weighted by Gasteiger charge is 2.43. The van der Waals surface area contributed by atoms with Crippen molar-refractivity contribution in [3.05, 3.63) is 0 Å². The van der Waals surface area contributed by atoms with Gasteiger partial charge in [-0.15, -0.1) is 0 Å². The van der Waals surface area contributed by atoms with E-state index in [1.165, 1.54) is 0 Å². The quantitative estimate of drug-likeness (QED) is 0.334. The van der Waals surface area contributed by atoms with Gasteiger partial charge in [-0.3, -0.25) is 4.79 Å². The minimum Gasteiger partial charge on any atom is -0.465 e. The number of hydrogen-bond donors (Lipinski definition) is 5. The van der Waals surface area contributed by atoms with E-state index in [1.54, 1.807) is 13.8 Å². The molecule has 1 aliphatic rings. The molecule has 8 nitrogen and oxygen atoms in total. The summed E-state index contributed by atoms with van der Waals surface area (Å²) in [6.07, 6.45) is -5.34. The molecular formula is C13H25NO7. The maximum atomic E-state index is 11.2. The van der Waals surface area contributed by atoms with Crippen LogP contribution in [0.4, 0.5) is 0 Å². The Kier molecular flexibility index (Phi) is 7.50. The van der Waals surface area contributed by atoms with E-state index < -0.39 is 37.1 Å². The summed E-state index contributed by atoms with van der Waals surface area (Å²) in [5, 5.41) is 41.3. The van der Waals surface area contributed by atoms with E-state index in [2.05, 4.69) is 5.32 Å². The largest absolute Gasteiger partial charge is 0.465 e. The average molecular weight is 307 g/mol. The van der Waals surface area contributed by atoms with Crippen LogP contribution in [-0.4, -0.2) is 82.7 Å². The van der Waals surface area contributed by atoms with Crippen molar-refractivity contribution >= 4 is 5.97 Å². The van der Waals surface area contributed by atoms with Crippen LogP contribution in [0.2, 0.25) is 0 Å². The lowest BCUT2D eigenvalue weighted by atomic mass is 9.92. The van der Waals surface area contributed by atoms with Crippen molar-refractivity contribution in [2.45, 2.75) is 56.8 Å². The average Bonchev–Trinajstić information content (AvgIpc) is 2.46. The Balaban J connectivity index is 2.46. The summed E-state index contributed by atoms with van der Waals surface area (Å²) in [5.74, 6) is -0.377. The van der Waals surface area contributed by atoms with E-state index in [0.717, 1.165) is 0 Å². The third-order valence-electron chi connectivity index (χ3n) is 3.48. The summed E-state index contributed by atoms with van der Waals surface area (Å²) in [7, 11) is 0. The third-order valence-corrected chi connectivity index (χ3v) is 3.48. The lowest BCUT2D eigenvalue weighted by Gasteiger charge is -2.41. The summed E-state index contributed by atoms with van der Waals surface area (Å²) in [6, 6.07) is -0.184. The van der Waals surface area contributed by atoms with Crippen LogP contribution >= 0.6 is 0 Å². The smallest absolute Gasteiger partial charge is 0.319 e. The predicted octanol–water partition coefficient (Wildman–Crippen LogP) is -2.24. The van der Waals surface area contributed by atoms with Crippen molar-refractivity contribution < 1.29 is 34.7 Å². The van der Waals surface area contributed by atoms with Crippen molar-refractivity contribution in [1.29, 1.82) is 0 Å². The molecule has 1 unspecified atom stereocenters. The van der Waals surface area contributed by atoms with Gasteiger partial charge in [0.15, 0.2) is 0 Å². The van der Waals surface area contributed by atoms with Crippen molar-refractivity contribution in [1.82, 2.24) is 5.32 Å². The van der Waals surface area contributed by atoms with Gasteiger partial charge < -0.3 is 35.2 Å². The molecule has 0 saturated carbocycles. The molecule has 1 saturated heterocycles. The van der Waals surface area contributed by atoms with Crippen LogP contribution < -0.4 is 5.32 Å². The monoisotopic (exact) mass is 307 g/mol. The molecule has 6 atom stereocenters. The lowest BCUT2D eigenvalue weighted by Crippen LogP contribution is -2.59. The first-order valence-corrected chi connectivity index (χ1v) is 7.10. The first-order valence-electron chi connectivity index (χ1n) is 7.10. The van der Waals surface area contributed by atoms with E-state index in [-0.39, 0.29) is 18.6 Å². The normalized spacial score (nSPS) is 34.5. The number of carbonyl (C=O) groups is 1. The van der Waals surface area contributed by atoms with E-state index in [9.17, 15) is 20.1 Å². The maximum absolute atomic E-state index is 11.2. The highest BCUT2D eigenvalue weighted by Crippen LogP contribution is 2.23. The van der Waals surface area contributed by atoms with E-state index in [1.807, 2.05) is 0 Å². The van der Waals surface area contributed by atoms with Gasteiger partial charge >= 0.3 is 5.97 Å². The summed E-state index contributed by atoms with van der Waals surface area (Å²) in [5.41, 5.74) is 0. The molecule has 0 aromatic carbocycles. The summed E-state index contributed by atoms with van der Waals surface area (Å²) < 4.78 is 10.2. The fraction of sp³-hybridized carbons (Fsp3) is 0.923. The van der Waals surface area contributed by atoms with Gasteiger partial charge in [0, 0.05) is 6.04 Å². The van der Waals surface area contributed by atoms with Crippen molar-refractivity contribution in [2.75, 3.05) is 19.8 Å². The molecule has 0 aliphatic carbocycles. The molecule has 0 aromatic rings. The second-order valence-electron chi connectivity index (χ2n) is 5.19. The molecule has 0 bridgehead atoms. The van der Waals surface area contributed by atoms with E-state index in [4.69, 9.17) is 14.6 Å². The second-order valence-corrected chi connectivity index (χ2v) is 5.19. The number of nitrogens with one attached hydrogen (secondary N) is 1. The van der Waals surface area contributed by atoms with Crippen LogP contribution in [0.15, 0.2) is 0 Å². The fourth-order valence-corrected chi connectivity index (χ4v) is 2.27. The molecule has 1 heterocycles. The predicted molar refractivity (Wildman–Crippen MR) is 72.5 cm³/mol. The van der Waals surface area contributed by atoms with Crippen molar-refractivity contribution in [2.24, 2.45) is 0 Å². The molecule has 8 heteroatoms. The highest BCUT2D eigenvalue weighted by atomic mass is 16.5. The summed E-state index contributed by atoms with van der Waals surface area (Å²) in [4.78, 5) is 11.2. The van der Waals surface area contributed by atoms with Crippen LogP contribution in [0.1, 0.15) is 20.3 Å². The number of aliphatic hydroxyl groups excluding tert-OH is 4. The Hall–Kier alpha value is -0.770. The van der Waals surface area contributed by atoms with Crippen LogP contribution in [-0.2, 0) is 14.3 Å². The fourth-order valence-electron chi connectivity index (χ4n) is 2.27. The summed E-state index contributed by atoms with van der Waals surface area (Å²) in [6.45, 7) is 3.40. The van der Waals surface area contributed by atoms with E-state index >= 15 is 0 Å². The zero-order valence-corrected chi connectivity index (χ0v) is 12.3. The zero-order chi connectivity index (χ0) is 16.0. The van der Waals surface area contributed by atoms with Crippen LogP contribution in [0.25, 0.3) is 0 Å². The first kappa shape index (κ1) is 18.3. The van der Waals surface area contributed by atoms with Crippen LogP contribution in [0.3, 0.4) is 0 Å². The molecule has 5 N–H and O–H groups in total. The topological polar surface area (TPSA) is 128 Å². The molecule has 0 spiro atoms. The zero-order valence-electron chi connectivity index (χ0n) is 12.3. The maximum Gasteiger partial charge on any atom is 0.319 e. The van der Waals surface area contributed by atoms with Crippen molar-refractivity contribution in [3.63, 3.8) is 0 Å². The Morgan fingerprint density at radius 3 is 2.43 bits per heavy atom. The summed E-state index contributed by atoms with van der Waals surface area (Å²) >= 11 is 0. The first-order chi connectivity index (χ1) is 9.90. The Labute approximate surface area is 123 Å². The molecule has 0 aromatic heterocycles. The third kappa shape index (κ3) is 5.17. The lowest BCUT2D eigenvalue weighted by molar-refractivity contribution is -0.231. The van der Waals surface area contributed by atoms with Gasteiger partial charge in [0.2, 0.25) is 0 Å². The molecule has 0 amide bonds. The van der Waals surface area contributed by atoms with Gasteiger partial charge in [-0.1, -0.05) is 0 Å². The van der Waals surface area contributed by atoms with E-state index in [0.29, 0.717) is 13.0 Å². The number of carbonyl (C=O) groups excluding carboxylic acids is 1. The van der Waals surface area contributed by atoms with Gasteiger partial charge in [-0.05, 0) is 20.3 Å². The number of rotatable bonds is 7. The van der Waals surface area contributed by atoms with Gasteiger partial charge in [0.05, 0.1) is 25.9 Å². The Morgan fingerprint density at radius 1 is 1.24 bits per heavy atom. The van der Waals surface area contributed by atoms with Crippen molar-refractivity contribution in [3.8, 4) is 0 Å². The molecule has 124 valence electrons. The Bertz CT molecular complexity index is 326. The van der Waals surface area contributed by atoms with Gasteiger partial charge in [0.25, 0.3) is 0 Å².